The quantitative estimate of drug-likeness (QED) is 0.546. The molecule has 2 N–H and O–H groups in total. The van der Waals surface area contributed by atoms with Crippen molar-refractivity contribution in [1.29, 1.82) is 0 Å². The first kappa shape index (κ1) is 14.9. The fourth-order valence-electron chi connectivity index (χ4n) is 2.01. The van der Waals surface area contributed by atoms with E-state index < -0.39 is 28.3 Å². The van der Waals surface area contributed by atoms with Crippen molar-refractivity contribution in [2.45, 2.75) is 19.5 Å². The monoisotopic (exact) mass is 298 g/mol. The summed E-state index contributed by atoms with van der Waals surface area (Å²) in [7, 11) is 0. The molecule has 10 nitrogen and oxygen atoms in total. The largest absolute Gasteiger partial charge is 0.481 e. The molecule has 2 rings (SSSR count). The summed E-state index contributed by atoms with van der Waals surface area (Å²) in [5.74, 6) is -1.55. The van der Waals surface area contributed by atoms with Gasteiger partial charge in [0.15, 0.2) is 0 Å². The maximum atomic E-state index is 11.9. The number of nitrogens with zero attached hydrogens (tertiary/aromatic N) is 3. The number of carbonyl (C=O) groups excluding carboxylic acids is 1. The average molecular weight is 298 g/mol. The lowest BCUT2D eigenvalue weighted by molar-refractivity contribution is -0.385. The molecule has 10 heteroatoms. The lowest BCUT2D eigenvalue weighted by Gasteiger charge is -2.25. The third-order valence-electron chi connectivity index (χ3n) is 3.42. The number of carbonyl (C=O) groups is 2. The molecule has 1 fully saturated rings. The number of carboxylic acids is 1. The molecular weight excluding hydrogens is 284 g/mol. The molecule has 1 saturated heterocycles. The van der Waals surface area contributed by atoms with Crippen molar-refractivity contribution in [1.82, 2.24) is 15.1 Å². The number of aliphatic carboxylic acids is 1. The van der Waals surface area contributed by atoms with Crippen molar-refractivity contribution < 1.29 is 24.4 Å². The first-order chi connectivity index (χ1) is 9.83. The van der Waals surface area contributed by atoms with Crippen LogP contribution >= 0.6 is 0 Å². The molecule has 2 heterocycles. The summed E-state index contributed by atoms with van der Waals surface area (Å²) >= 11 is 0. The second-order valence-corrected chi connectivity index (χ2v) is 5.01. The van der Waals surface area contributed by atoms with Crippen LogP contribution in [0.1, 0.15) is 6.92 Å². The number of nitro groups is 1. The van der Waals surface area contributed by atoms with Crippen LogP contribution in [-0.2, 0) is 20.9 Å². The van der Waals surface area contributed by atoms with Gasteiger partial charge in [-0.25, -0.2) is 0 Å². The predicted octanol–water partition coefficient (Wildman–Crippen LogP) is -0.603. The van der Waals surface area contributed by atoms with E-state index in [-0.39, 0.29) is 25.4 Å². The highest BCUT2D eigenvalue weighted by Crippen LogP contribution is 2.28. The molecule has 0 bridgehead atoms. The molecule has 0 aromatic carbocycles. The van der Waals surface area contributed by atoms with E-state index in [4.69, 9.17) is 4.74 Å². The van der Waals surface area contributed by atoms with E-state index >= 15 is 0 Å². The summed E-state index contributed by atoms with van der Waals surface area (Å²) in [6, 6.07) is -0.659. The molecule has 0 radical (unpaired) electrons. The summed E-state index contributed by atoms with van der Waals surface area (Å²) in [6.45, 7) is 1.38. The van der Waals surface area contributed by atoms with Crippen LogP contribution in [0.5, 0.6) is 0 Å². The van der Waals surface area contributed by atoms with Gasteiger partial charge in [0, 0.05) is 0 Å². The van der Waals surface area contributed by atoms with Crippen LogP contribution < -0.4 is 5.32 Å². The Morgan fingerprint density at radius 1 is 1.71 bits per heavy atom. The van der Waals surface area contributed by atoms with Crippen LogP contribution in [0.2, 0.25) is 0 Å². The minimum Gasteiger partial charge on any atom is -0.481 e. The highest BCUT2D eigenvalue weighted by molar-refractivity contribution is 5.80. The molecule has 114 valence electrons. The maximum Gasteiger partial charge on any atom is 0.313 e. The number of nitrogens with one attached hydrogen (secondary N) is 1. The summed E-state index contributed by atoms with van der Waals surface area (Å²) in [6.07, 6.45) is 2.16. The standard InChI is InChI=1S/C11H14N4O6/c1-11(10(17)18)6-21-5-8(11)13-9(16)4-14-3-7(2-12-14)15(19)20/h2-3,8H,4-6H2,1H3,(H,13,16)(H,17,18). The number of ether oxygens (including phenoxy) is 1. The first-order valence-electron chi connectivity index (χ1n) is 6.10. The van der Waals surface area contributed by atoms with Crippen molar-refractivity contribution >= 4 is 17.6 Å². The molecule has 2 atom stereocenters. The van der Waals surface area contributed by atoms with E-state index in [9.17, 15) is 24.8 Å². The Hall–Kier alpha value is -2.49. The number of aromatic nitrogens is 2. The highest BCUT2D eigenvalue weighted by atomic mass is 16.6. The fraction of sp³-hybridized carbons (Fsp3) is 0.545. The Labute approximate surface area is 118 Å². The Morgan fingerprint density at radius 2 is 2.43 bits per heavy atom. The highest BCUT2D eigenvalue weighted by Gasteiger charge is 2.47. The van der Waals surface area contributed by atoms with Gasteiger partial charge in [0.25, 0.3) is 0 Å². The Morgan fingerprint density at radius 3 is 3.00 bits per heavy atom. The zero-order valence-electron chi connectivity index (χ0n) is 11.2. The van der Waals surface area contributed by atoms with Gasteiger partial charge in [0.2, 0.25) is 5.91 Å². The zero-order valence-corrected chi connectivity index (χ0v) is 11.2. The van der Waals surface area contributed by atoms with E-state index in [1.54, 1.807) is 0 Å². The molecule has 0 aliphatic carbocycles. The number of hydrogen-bond donors (Lipinski definition) is 2. The Bertz CT molecular complexity index is 585. The zero-order chi connectivity index (χ0) is 15.6. The van der Waals surface area contributed by atoms with Gasteiger partial charge in [-0.3, -0.25) is 24.4 Å². The fourth-order valence-corrected chi connectivity index (χ4v) is 2.01. The van der Waals surface area contributed by atoms with E-state index in [0.29, 0.717) is 0 Å². The molecule has 0 saturated carbocycles. The van der Waals surface area contributed by atoms with Crippen molar-refractivity contribution in [3.05, 3.63) is 22.5 Å². The summed E-state index contributed by atoms with van der Waals surface area (Å²) in [5, 5.41) is 25.9. The van der Waals surface area contributed by atoms with Gasteiger partial charge < -0.3 is 15.2 Å². The molecule has 1 aliphatic heterocycles. The maximum absolute atomic E-state index is 11.9. The van der Waals surface area contributed by atoms with Gasteiger partial charge in [-0.15, -0.1) is 0 Å². The first-order valence-corrected chi connectivity index (χ1v) is 6.10. The van der Waals surface area contributed by atoms with Gasteiger partial charge in [-0.2, -0.15) is 5.10 Å². The van der Waals surface area contributed by atoms with Crippen LogP contribution in [0.25, 0.3) is 0 Å². The normalized spacial score (nSPS) is 24.7. The lowest BCUT2D eigenvalue weighted by atomic mass is 9.85. The van der Waals surface area contributed by atoms with Crippen LogP contribution in [0.3, 0.4) is 0 Å². The van der Waals surface area contributed by atoms with Crippen LogP contribution in [0.15, 0.2) is 12.4 Å². The summed E-state index contributed by atoms with van der Waals surface area (Å²) in [5.41, 5.74) is -1.41. The second-order valence-electron chi connectivity index (χ2n) is 5.01. The van der Waals surface area contributed by atoms with E-state index in [1.165, 1.54) is 6.92 Å². The average Bonchev–Trinajstić information content (AvgIpc) is 2.98. The Balaban J connectivity index is 1.98. The minimum atomic E-state index is -1.19. The van der Waals surface area contributed by atoms with Crippen molar-refractivity contribution in [2.75, 3.05) is 13.2 Å². The van der Waals surface area contributed by atoms with Crippen molar-refractivity contribution in [2.24, 2.45) is 5.41 Å². The number of hydrogen-bond acceptors (Lipinski definition) is 6. The van der Waals surface area contributed by atoms with Crippen LogP contribution in [0, 0.1) is 15.5 Å². The Kier molecular flexibility index (Phi) is 3.89. The summed E-state index contributed by atoms with van der Waals surface area (Å²) < 4.78 is 6.23. The molecular formula is C11H14N4O6. The molecule has 1 amide bonds. The summed E-state index contributed by atoms with van der Waals surface area (Å²) in [4.78, 5) is 33.0. The predicted molar refractivity (Wildman–Crippen MR) is 67.4 cm³/mol. The van der Waals surface area contributed by atoms with Crippen LogP contribution in [-0.4, -0.2) is 50.9 Å². The van der Waals surface area contributed by atoms with Crippen molar-refractivity contribution in [3.8, 4) is 0 Å². The number of rotatable bonds is 5. The minimum absolute atomic E-state index is 0.0144. The molecule has 21 heavy (non-hydrogen) atoms. The van der Waals surface area contributed by atoms with Gasteiger partial charge in [0.1, 0.15) is 24.4 Å². The molecule has 0 spiro atoms. The molecule has 1 aromatic rings. The van der Waals surface area contributed by atoms with E-state index in [0.717, 1.165) is 17.1 Å². The SMILES string of the molecule is CC1(C(=O)O)COCC1NC(=O)Cn1cc([N+](=O)[O-])cn1. The molecule has 1 aromatic heterocycles. The van der Waals surface area contributed by atoms with Crippen LogP contribution in [0.4, 0.5) is 5.69 Å². The van der Waals surface area contributed by atoms with Gasteiger partial charge in [-0.05, 0) is 6.92 Å². The van der Waals surface area contributed by atoms with E-state index in [2.05, 4.69) is 10.4 Å². The topological polar surface area (TPSA) is 137 Å². The molecule has 1 aliphatic rings. The number of amides is 1. The number of carboxylic acid groups (broad SMARTS) is 1. The van der Waals surface area contributed by atoms with Gasteiger partial charge in [-0.1, -0.05) is 0 Å². The van der Waals surface area contributed by atoms with Gasteiger partial charge in [0.05, 0.1) is 24.2 Å². The lowest BCUT2D eigenvalue weighted by Crippen LogP contribution is -2.50. The molecule has 2 unspecified atom stereocenters. The third kappa shape index (κ3) is 2.99. The smallest absolute Gasteiger partial charge is 0.313 e. The van der Waals surface area contributed by atoms with Gasteiger partial charge >= 0.3 is 11.7 Å². The second kappa shape index (κ2) is 5.48. The van der Waals surface area contributed by atoms with E-state index in [1.807, 2.05) is 0 Å². The third-order valence-corrected chi connectivity index (χ3v) is 3.42. The van der Waals surface area contributed by atoms with Crippen molar-refractivity contribution in [3.63, 3.8) is 0 Å².